The van der Waals surface area contributed by atoms with Crippen LogP contribution in [0.3, 0.4) is 0 Å². The largest absolute Gasteiger partial charge is 0.467 e. The van der Waals surface area contributed by atoms with Crippen LogP contribution in [0.1, 0.15) is 28.9 Å². The van der Waals surface area contributed by atoms with Gasteiger partial charge in [0.2, 0.25) is 0 Å². The van der Waals surface area contributed by atoms with Crippen LogP contribution < -0.4 is 15.4 Å². The number of benzene rings is 1. The van der Waals surface area contributed by atoms with Gasteiger partial charge in [-0.05, 0) is 5.56 Å². The lowest BCUT2D eigenvalue weighted by Crippen LogP contribution is -2.20. The van der Waals surface area contributed by atoms with Gasteiger partial charge in [0.1, 0.15) is 24.2 Å². The standard InChI is InChI=1S/C22H22N8O2.H2S/c1-13(15-5-4-6-16-19(15)29-12-30-20(16)21(31)23-2)8-24-18-7-17(27-11-28-18)14-9-25-22(32-3)26-10-14;/h4-7,9-13H,8H2,1-3H3,(H,23,31)(H,24,27,28);1H2/t13-;/m1./s1. The van der Waals surface area contributed by atoms with Crippen molar-refractivity contribution in [1.82, 2.24) is 35.2 Å². The van der Waals surface area contributed by atoms with Crippen LogP contribution in [-0.2, 0) is 0 Å². The zero-order valence-corrected chi connectivity index (χ0v) is 19.4. The van der Waals surface area contributed by atoms with Gasteiger partial charge in [-0.1, -0.05) is 25.1 Å². The van der Waals surface area contributed by atoms with E-state index in [1.54, 1.807) is 19.4 Å². The fourth-order valence-corrected chi connectivity index (χ4v) is 3.34. The summed E-state index contributed by atoms with van der Waals surface area (Å²) in [5.74, 6) is 0.531. The summed E-state index contributed by atoms with van der Waals surface area (Å²) in [6.07, 6.45) is 6.22. The van der Waals surface area contributed by atoms with Gasteiger partial charge in [-0.25, -0.2) is 29.9 Å². The summed E-state index contributed by atoms with van der Waals surface area (Å²) < 4.78 is 4.99. The molecule has 3 aromatic heterocycles. The van der Waals surface area contributed by atoms with Crippen LogP contribution in [0.25, 0.3) is 22.2 Å². The quantitative estimate of drug-likeness (QED) is 0.424. The SMILES string of the molecule is CNC(=O)c1ncnc2c([C@H](C)CNc3cc(-c4cnc(OC)nc4)ncn3)cccc12.S. The van der Waals surface area contributed by atoms with Crippen molar-refractivity contribution in [2.45, 2.75) is 12.8 Å². The van der Waals surface area contributed by atoms with Crippen molar-refractivity contribution in [2.24, 2.45) is 0 Å². The first-order valence-corrected chi connectivity index (χ1v) is 9.98. The van der Waals surface area contributed by atoms with E-state index in [0.717, 1.165) is 22.0 Å². The van der Waals surface area contributed by atoms with Gasteiger partial charge >= 0.3 is 6.01 Å². The fraction of sp³-hybridized carbons (Fsp3) is 0.227. The Kier molecular flexibility index (Phi) is 7.67. The predicted octanol–water partition coefficient (Wildman–Crippen LogP) is 2.57. The molecule has 11 heteroatoms. The van der Waals surface area contributed by atoms with Crippen LogP contribution in [0.5, 0.6) is 6.01 Å². The Hall–Kier alpha value is -3.86. The molecule has 0 fully saturated rings. The van der Waals surface area contributed by atoms with Crippen LogP contribution in [0, 0.1) is 0 Å². The number of para-hydroxylation sites is 1. The van der Waals surface area contributed by atoms with Crippen LogP contribution in [0.4, 0.5) is 5.82 Å². The van der Waals surface area contributed by atoms with E-state index in [0.29, 0.717) is 29.8 Å². The first kappa shape index (κ1) is 23.8. The molecule has 0 saturated carbocycles. The topological polar surface area (TPSA) is 128 Å². The third-order valence-electron chi connectivity index (χ3n) is 5.03. The van der Waals surface area contributed by atoms with Crippen LogP contribution >= 0.6 is 13.5 Å². The predicted molar refractivity (Wildman–Crippen MR) is 130 cm³/mol. The Morgan fingerprint density at radius 1 is 1.06 bits per heavy atom. The number of anilines is 1. The van der Waals surface area contributed by atoms with Gasteiger partial charge in [-0.3, -0.25) is 4.79 Å². The highest BCUT2D eigenvalue weighted by Crippen LogP contribution is 2.26. The van der Waals surface area contributed by atoms with Crippen LogP contribution in [0.15, 0.2) is 49.3 Å². The minimum absolute atomic E-state index is 0. The minimum Gasteiger partial charge on any atom is -0.467 e. The van der Waals surface area contributed by atoms with Crippen molar-refractivity contribution in [3.05, 3.63) is 60.6 Å². The Morgan fingerprint density at radius 2 is 1.82 bits per heavy atom. The number of methoxy groups -OCH3 is 1. The summed E-state index contributed by atoms with van der Waals surface area (Å²) in [5.41, 5.74) is 3.60. The molecule has 0 unspecified atom stereocenters. The molecule has 1 atom stereocenters. The number of hydrogen-bond acceptors (Lipinski definition) is 9. The highest BCUT2D eigenvalue weighted by Gasteiger charge is 2.16. The summed E-state index contributed by atoms with van der Waals surface area (Å²) in [5, 5.41) is 6.69. The second-order valence-corrected chi connectivity index (χ2v) is 7.07. The lowest BCUT2D eigenvalue weighted by Gasteiger charge is -2.16. The van der Waals surface area contributed by atoms with Crippen molar-refractivity contribution in [2.75, 3.05) is 26.0 Å². The van der Waals surface area contributed by atoms with Gasteiger partial charge in [0.15, 0.2) is 0 Å². The van der Waals surface area contributed by atoms with E-state index < -0.39 is 0 Å². The average Bonchev–Trinajstić information content (AvgIpc) is 2.86. The first-order chi connectivity index (χ1) is 15.6. The summed E-state index contributed by atoms with van der Waals surface area (Å²) in [6, 6.07) is 7.92. The monoisotopic (exact) mass is 464 g/mol. The molecule has 4 aromatic rings. The molecule has 2 N–H and O–H groups in total. The number of aromatic nitrogens is 6. The fourth-order valence-electron chi connectivity index (χ4n) is 3.34. The molecular formula is C22H24N8O2S. The Morgan fingerprint density at radius 3 is 2.55 bits per heavy atom. The summed E-state index contributed by atoms with van der Waals surface area (Å²) in [4.78, 5) is 37.6. The molecule has 1 amide bonds. The molecule has 33 heavy (non-hydrogen) atoms. The molecule has 0 bridgehead atoms. The maximum absolute atomic E-state index is 12.2. The van der Waals surface area contributed by atoms with E-state index in [4.69, 9.17) is 4.74 Å². The van der Waals surface area contributed by atoms with Crippen LogP contribution in [-0.4, -0.2) is 56.5 Å². The molecule has 0 saturated heterocycles. The van der Waals surface area contributed by atoms with E-state index in [1.165, 1.54) is 19.8 Å². The van der Waals surface area contributed by atoms with Gasteiger partial charge < -0.3 is 15.4 Å². The molecule has 4 rings (SSSR count). The Balaban J connectivity index is 0.00000306. The zero-order valence-electron chi connectivity index (χ0n) is 18.4. The van der Waals surface area contributed by atoms with Gasteiger partial charge in [0.25, 0.3) is 5.91 Å². The number of carbonyl (C=O) groups excluding carboxylic acids is 1. The maximum Gasteiger partial charge on any atom is 0.316 e. The van der Waals surface area contributed by atoms with Gasteiger partial charge in [-0.15, -0.1) is 0 Å². The highest BCUT2D eigenvalue weighted by atomic mass is 32.1. The van der Waals surface area contributed by atoms with Gasteiger partial charge in [-0.2, -0.15) is 13.5 Å². The zero-order chi connectivity index (χ0) is 22.5. The minimum atomic E-state index is -0.239. The number of hydrogen-bond donors (Lipinski definition) is 2. The third-order valence-corrected chi connectivity index (χ3v) is 5.03. The van der Waals surface area contributed by atoms with E-state index in [1.807, 2.05) is 24.3 Å². The van der Waals surface area contributed by atoms with Crippen molar-refractivity contribution < 1.29 is 9.53 Å². The highest BCUT2D eigenvalue weighted by molar-refractivity contribution is 7.59. The molecule has 0 aliphatic rings. The van der Waals surface area contributed by atoms with E-state index in [2.05, 4.69) is 47.5 Å². The number of carbonyl (C=O) groups is 1. The number of rotatable bonds is 7. The third kappa shape index (κ3) is 5.14. The van der Waals surface area contributed by atoms with Crippen molar-refractivity contribution in [1.29, 1.82) is 0 Å². The molecular weight excluding hydrogens is 440 g/mol. The first-order valence-electron chi connectivity index (χ1n) is 9.98. The van der Waals surface area contributed by atoms with E-state index >= 15 is 0 Å². The lowest BCUT2D eigenvalue weighted by molar-refractivity contribution is 0.0960. The number of nitrogens with zero attached hydrogens (tertiary/aromatic N) is 6. The van der Waals surface area contributed by atoms with Crippen LogP contribution in [0.2, 0.25) is 0 Å². The number of amides is 1. The lowest BCUT2D eigenvalue weighted by atomic mass is 9.97. The van der Waals surface area contributed by atoms with Gasteiger partial charge in [0.05, 0.1) is 18.3 Å². The number of nitrogens with one attached hydrogen (secondary N) is 2. The second-order valence-electron chi connectivity index (χ2n) is 7.07. The molecule has 0 spiro atoms. The normalized spacial score (nSPS) is 11.4. The molecule has 10 nitrogen and oxygen atoms in total. The second kappa shape index (κ2) is 10.6. The van der Waals surface area contributed by atoms with E-state index in [9.17, 15) is 4.79 Å². The van der Waals surface area contributed by atoms with E-state index in [-0.39, 0.29) is 25.3 Å². The molecule has 1 aromatic carbocycles. The molecule has 0 radical (unpaired) electrons. The van der Waals surface area contributed by atoms with Crippen molar-refractivity contribution in [3.63, 3.8) is 0 Å². The summed E-state index contributed by atoms with van der Waals surface area (Å²) >= 11 is 0. The Labute approximate surface area is 197 Å². The van der Waals surface area contributed by atoms with Gasteiger partial charge in [0, 0.05) is 48.9 Å². The maximum atomic E-state index is 12.2. The average molecular weight is 465 g/mol. The summed E-state index contributed by atoms with van der Waals surface area (Å²) in [7, 11) is 3.10. The van der Waals surface area contributed by atoms with Crippen molar-refractivity contribution >= 4 is 36.1 Å². The number of fused-ring (bicyclic) bond motifs is 1. The smallest absolute Gasteiger partial charge is 0.316 e. The molecule has 3 heterocycles. The molecule has 170 valence electrons. The van der Waals surface area contributed by atoms with Crippen molar-refractivity contribution in [3.8, 4) is 17.3 Å². The molecule has 0 aliphatic heterocycles. The molecule has 0 aliphatic carbocycles. The summed E-state index contributed by atoms with van der Waals surface area (Å²) in [6.45, 7) is 2.69. The number of ether oxygens (including phenoxy) is 1. The Bertz CT molecular complexity index is 1250.